The Kier molecular flexibility index (Phi) is 3.13. The summed E-state index contributed by atoms with van der Waals surface area (Å²) in [6.45, 7) is 3.60. The molecule has 2 aromatic rings. The van der Waals surface area contributed by atoms with E-state index in [2.05, 4.69) is 10.3 Å². The van der Waals surface area contributed by atoms with Crippen molar-refractivity contribution in [1.82, 2.24) is 4.98 Å². The summed E-state index contributed by atoms with van der Waals surface area (Å²) in [5, 5.41) is 3.36. The van der Waals surface area contributed by atoms with E-state index in [4.69, 9.17) is 5.73 Å². The monoisotopic (exact) mass is 249 g/mol. The van der Waals surface area contributed by atoms with Gasteiger partial charge in [-0.1, -0.05) is 30.4 Å². The summed E-state index contributed by atoms with van der Waals surface area (Å²) in [7, 11) is 0. The van der Waals surface area contributed by atoms with Crippen molar-refractivity contribution in [3.05, 3.63) is 24.3 Å². The molecule has 0 saturated heterocycles. The number of nitrogens with zero attached hydrogens (tertiary/aromatic N) is 1. The van der Waals surface area contributed by atoms with E-state index in [1.165, 1.54) is 11.3 Å². The molecule has 1 unspecified atom stereocenters. The molecule has 3 N–H and O–H groups in total. The highest BCUT2D eigenvalue weighted by Crippen LogP contribution is 2.25. The van der Waals surface area contributed by atoms with E-state index in [0.29, 0.717) is 11.6 Å². The molecule has 90 valence electrons. The molecule has 0 saturated carbocycles. The summed E-state index contributed by atoms with van der Waals surface area (Å²) in [6.07, 6.45) is 0.587. The van der Waals surface area contributed by atoms with Crippen LogP contribution in [0.25, 0.3) is 10.2 Å². The van der Waals surface area contributed by atoms with Crippen LogP contribution in [0, 0.1) is 0 Å². The minimum absolute atomic E-state index is 0.195. The third-order valence-electron chi connectivity index (χ3n) is 2.77. The maximum absolute atomic E-state index is 11.9. The quantitative estimate of drug-likeness (QED) is 0.877. The first-order valence-corrected chi connectivity index (χ1v) is 6.30. The SMILES string of the molecule is CCC(C)(N)C(=O)Nc1nc2ccccc2s1. The van der Waals surface area contributed by atoms with Gasteiger partial charge in [0, 0.05) is 0 Å². The van der Waals surface area contributed by atoms with Crippen molar-refractivity contribution in [2.24, 2.45) is 5.73 Å². The first-order valence-electron chi connectivity index (χ1n) is 5.49. The van der Waals surface area contributed by atoms with Gasteiger partial charge < -0.3 is 11.1 Å². The van der Waals surface area contributed by atoms with Crippen LogP contribution in [-0.4, -0.2) is 16.4 Å². The molecule has 2 rings (SSSR count). The van der Waals surface area contributed by atoms with E-state index in [9.17, 15) is 4.79 Å². The fraction of sp³-hybridized carbons (Fsp3) is 0.333. The lowest BCUT2D eigenvalue weighted by molar-refractivity contribution is -0.120. The molecular weight excluding hydrogens is 234 g/mol. The number of benzene rings is 1. The molecule has 0 bridgehead atoms. The second-order valence-corrected chi connectivity index (χ2v) is 5.24. The van der Waals surface area contributed by atoms with E-state index in [0.717, 1.165) is 10.2 Å². The molecule has 1 amide bonds. The molecule has 0 spiro atoms. The van der Waals surface area contributed by atoms with Gasteiger partial charge in [-0.2, -0.15) is 0 Å². The van der Waals surface area contributed by atoms with Crippen molar-refractivity contribution in [3.63, 3.8) is 0 Å². The normalized spacial score (nSPS) is 14.5. The van der Waals surface area contributed by atoms with Gasteiger partial charge in [-0.3, -0.25) is 4.79 Å². The van der Waals surface area contributed by atoms with E-state index >= 15 is 0 Å². The first kappa shape index (κ1) is 12.0. The summed E-state index contributed by atoms with van der Waals surface area (Å²) >= 11 is 1.45. The van der Waals surface area contributed by atoms with E-state index in [1.807, 2.05) is 31.2 Å². The average Bonchev–Trinajstić information content (AvgIpc) is 2.70. The van der Waals surface area contributed by atoms with Gasteiger partial charge in [-0.25, -0.2) is 4.98 Å². The third kappa shape index (κ3) is 2.45. The van der Waals surface area contributed by atoms with Gasteiger partial charge in [0.15, 0.2) is 5.13 Å². The smallest absolute Gasteiger partial charge is 0.245 e. The van der Waals surface area contributed by atoms with Gasteiger partial charge in [0.05, 0.1) is 15.8 Å². The van der Waals surface area contributed by atoms with Crippen LogP contribution in [-0.2, 0) is 4.79 Å². The Balaban J connectivity index is 2.22. The topological polar surface area (TPSA) is 68.0 Å². The number of para-hydroxylation sites is 1. The van der Waals surface area contributed by atoms with Crippen LogP contribution >= 0.6 is 11.3 Å². The molecule has 1 atom stereocenters. The standard InChI is InChI=1S/C12H15N3OS/c1-3-12(2,13)10(16)15-11-14-8-6-4-5-7-9(8)17-11/h4-7H,3,13H2,1-2H3,(H,14,15,16). The fourth-order valence-electron chi connectivity index (χ4n) is 1.33. The van der Waals surface area contributed by atoms with Crippen molar-refractivity contribution in [2.45, 2.75) is 25.8 Å². The predicted molar refractivity (Wildman–Crippen MR) is 71.1 cm³/mol. The number of amides is 1. The Hall–Kier alpha value is -1.46. The second kappa shape index (κ2) is 4.43. The van der Waals surface area contributed by atoms with Gasteiger partial charge in [0.1, 0.15) is 0 Å². The second-order valence-electron chi connectivity index (χ2n) is 4.21. The molecule has 4 nitrogen and oxygen atoms in total. The highest BCUT2D eigenvalue weighted by atomic mass is 32.1. The highest BCUT2D eigenvalue weighted by Gasteiger charge is 2.26. The number of nitrogens with two attached hydrogens (primary N) is 1. The van der Waals surface area contributed by atoms with Gasteiger partial charge in [-0.15, -0.1) is 0 Å². The Morgan fingerprint density at radius 2 is 2.24 bits per heavy atom. The maximum Gasteiger partial charge on any atom is 0.245 e. The van der Waals surface area contributed by atoms with E-state index in [1.54, 1.807) is 6.92 Å². The lowest BCUT2D eigenvalue weighted by Crippen LogP contribution is -2.47. The summed E-state index contributed by atoms with van der Waals surface area (Å²) in [5.41, 5.74) is 5.91. The summed E-state index contributed by atoms with van der Waals surface area (Å²) in [5.74, 6) is -0.195. The van der Waals surface area contributed by atoms with Crippen LogP contribution in [0.5, 0.6) is 0 Å². The van der Waals surface area contributed by atoms with Crippen LogP contribution in [0.4, 0.5) is 5.13 Å². The van der Waals surface area contributed by atoms with E-state index in [-0.39, 0.29) is 5.91 Å². The van der Waals surface area contributed by atoms with Crippen LogP contribution in [0.1, 0.15) is 20.3 Å². The number of fused-ring (bicyclic) bond motifs is 1. The maximum atomic E-state index is 11.9. The van der Waals surface area contributed by atoms with Gasteiger partial charge >= 0.3 is 0 Å². The molecular formula is C12H15N3OS. The van der Waals surface area contributed by atoms with Gasteiger partial charge in [0.25, 0.3) is 0 Å². The number of thiazole rings is 1. The van der Waals surface area contributed by atoms with Crippen LogP contribution in [0.15, 0.2) is 24.3 Å². The van der Waals surface area contributed by atoms with Crippen molar-refractivity contribution < 1.29 is 4.79 Å². The van der Waals surface area contributed by atoms with Crippen LogP contribution in [0.3, 0.4) is 0 Å². The lowest BCUT2D eigenvalue weighted by Gasteiger charge is -2.20. The molecule has 0 fully saturated rings. The molecule has 0 aliphatic heterocycles. The highest BCUT2D eigenvalue weighted by molar-refractivity contribution is 7.22. The summed E-state index contributed by atoms with van der Waals surface area (Å²) < 4.78 is 1.05. The Labute approximate surface area is 104 Å². The Bertz CT molecular complexity index is 514. The molecule has 0 radical (unpaired) electrons. The third-order valence-corrected chi connectivity index (χ3v) is 3.72. The number of carbonyl (C=O) groups excluding carboxylic acids is 1. The van der Waals surface area contributed by atoms with Crippen molar-refractivity contribution >= 4 is 32.6 Å². The number of hydrogen-bond acceptors (Lipinski definition) is 4. The van der Waals surface area contributed by atoms with Crippen molar-refractivity contribution in [3.8, 4) is 0 Å². The number of hydrogen-bond donors (Lipinski definition) is 2. The van der Waals surface area contributed by atoms with E-state index < -0.39 is 5.54 Å². The summed E-state index contributed by atoms with van der Waals surface area (Å²) in [4.78, 5) is 16.2. The first-order chi connectivity index (χ1) is 8.03. The van der Waals surface area contributed by atoms with Gasteiger partial charge in [-0.05, 0) is 25.5 Å². The molecule has 1 heterocycles. The average molecular weight is 249 g/mol. The van der Waals surface area contributed by atoms with Crippen molar-refractivity contribution in [2.75, 3.05) is 5.32 Å². The Morgan fingerprint density at radius 3 is 2.88 bits per heavy atom. The minimum Gasteiger partial charge on any atom is -0.318 e. The molecule has 1 aromatic carbocycles. The number of anilines is 1. The predicted octanol–water partition coefficient (Wildman–Crippen LogP) is 2.36. The molecule has 0 aliphatic rings. The summed E-state index contributed by atoms with van der Waals surface area (Å²) in [6, 6.07) is 7.77. The molecule has 0 aliphatic carbocycles. The molecule has 17 heavy (non-hydrogen) atoms. The Morgan fingerprint density at radius 1 is 1.53 bits per heavy atom. The number of aromatic nitrogens is 1. The zero-order valence-electron chi connectivity index (χ0n) is 9.86. The lowest BCUT2D eigenvalue weighted by atomic mass is 10.00. The van der Waals surface area contributed by atoms with Crippen LogP contribution in [0.2, 0.25) is 0 Å². The zero-order chi connectivity index (χ0) is 12.5. The number of nitrogens with one attached hydrogen (secondary N) is 1. The number of rotatable bonds is 3. The largest absolute Gasteiger partial charge is 0.318 e. The molecule has 1 aromatic heterocycles. The number of carbonyl (C=O) groups is 1. The van der Waals surface area contributed by atoms with Crippen LogP contribution < -0.4 is 11.1 Å². The zero-order valence-corrected chi connectivity index (χ0v) is 10.7. The molecule has 5 heteroatoms. The van der Waals surface area contributed by atoms with Gasteiger partial charge in [0.2, 0.25) is 5.91 Å². The van der Waals surface area contributed by atoms with Crippen molar-refractivity contribution in [1.29, 1.82) is 0 Å². The minimum atomic E-state index is -0.849. The fourth-order valence-corrected chi connectivity index (χ4v) is 2.19.